The van der Waals surface area contributed by atoms with E-state index in [-0.39, 0.29) is 23.7 Å². The molecule has 0 amide bonds. The molecular formula is C31H28N4O8. The Balaban J connectivity index is 1.86. The first-order valence-corrected chi connectivity index (χ1v) is 13.0. The highest BCUT2D eigenvalue weighted by Crippen LogP contribution is 2.43. The summed E-state index contributed by atoms with van der Waals surface area (Å²) in [5.41, 5.74) is 0.576. The van der Waals surface area contributed by atoms with E-state index >= 15 is 0 Å². The van der Waals surface area contributed by atoms with Crippen LogP contribution < -0.4 is 29.2 Å². The van der Waals surface area contributed by atoms with E-state index < -0.39 is 11.5 Å². The van der Waals surface area contributed by atoms with Crippen LogP contribution in [0.15, 0.2) is 71.8 Å². The van der Waals surface area contributed by atoms with Crippen molar-refractivity contribution in [2.24, 2.45) is 0 Å². The number of hydrogen-bond acceptors (Lipinski definition) is 11. The zero-order valence-electron chi connectivity index (χ0n) is 24.1. The molecule has 12 heteroatoms. The van der Waals surface area contributed by atoms with Crippen molar-refractivity contribution < 1.29 is 33.2 Å². The van der Waals surface area contributed by atoms with E-state index in [1.165, 1.54) is 40.1 Å². The molecule has 0 unspecified atom stereocenters. The molecule has 5 rings (SSSR count). The van der Waals surface area contributed by atoms with Crippen molar-refractivity contribution in [3.05, 3.63) is 88.9 Å². The average molecular weight is 585 g/mol. The molecular weight excluding hydrogens is 556 g/mol. The molecule has 2 aromatic carbocycles. The third-order valence-electron chi connectivity index (χ3n) is 6.62. The van der Waals surface area contributed by atoms with Crippen LogP contribution in [-0.4, -0.2) is 61.0 Å². The topological polar surface area (TPSA) is 133 Å². The van der Waals surface area contributed by atoms with Gasteiger partial charge < -0.3 is 28.4 Å². The molecule has 0 aliphatic heterocycles. The van der Waals surface area contributed by atoms with Gasteiger partial charge >= 0.3 is 5.97 Å². The fourth-order valence-electron chi connectivity index (χ4n) is 4.68. The number of ether oxygens (including phenoxy) is 6. The molecule has 220 valence electrons. The zero-order chi connectivity index (χ0) is 30.5. The summed E-state index contributed by atoms with van der Waals surface area (Å²) < 4.78 is 34.4. The van der Waals surface area contributed by atoms with Crippen LogP contribution in [0.5, 0.6) is 28.9 Å². The molecule has 0 fully saturated rings. The lowest BCUT2D eigenvalue weighted by molar-refractivity contribution is 0.0591. The second kappa shape index (κ2) is 12.5. The van der Waals surface area contributed by atoms with E-state index in [0.29, 0.717) is 51.0 Å². The zero-order valence-corrected chi connectivity index (χ0v) is 24.1. The van der Waals surface area contributed by atoms with E-state index in [4.69, 9.17) is 28.4 Å². The molecule has 0 bridgehead atoms. The number of nitrogens with zero attached hydrogens (tertiary/aromatic N) is 4. The van der Waals surface area contributed by atoms with E-state index in [9.17, 15) is 9.59 Å². The van der Waals surface area contributed by atoms with Gasteiger partial charge in [0.05, 0.1) is 41.2 Å². The second-order valence-corrected chi connectivity index (χ2v) is 8.97. The van der Waals surface area contributed by atoms with Gasteiger partial charge in [-0.3, -0.25) is 9.36 Å². The lowest BCUT2D eigenvalue weighted by Gasteiger charge is -2.20. The van der Waals surface area contributed by atoms with Gasteiger partial charge in [0, 0.05) is 35.5 Å². The van der Waals surface area contributed by atoms with Crippen molar-refractivity contribution in [1.29, 1.82) is 0 Å². The van der Waals surface area contributed by atoms with E-state index in [0.717, 1.165) is 0 Å². The standard InChI is InChI=1S/C31H28N4O8/c1-38-20-9-6-8-19(16-20)35-28(31(37)42-5)26(18-14-22(39-2)29(41-4)23(15-18)40-3)21-10-11-25(34-27(21)30(35)36)43-17-24-32-12-7-13-33-24/h6-16H,17H2,1-5H3. The molecule has 0 spiro atoms. The van der Waals surface area contributed by atoms with Crippen molar-refractivity contribution in [3.8, 4) is 45.7 Å². The van der Waals surface area contributed by atoms with Gasteiger partial charge in [-0.2, -0.15) is 0 Å². The Morgan fingerprint density at radius 2 is 1.56 bits per heavy atom. The quantitative estimate of drug-likeness (QED) is 0.218. The maximum Gasteiger partial charge on any atom is 0.355 e. The molecule has 0 aliphatic rings. The minimum absolute atomic E-state index is 0.0312. The number of hydrogen-bond donors (Lipinski definition) is 0. The summed E-state index contributed by atoms with van der Waals surface area (Å²) >= 11 is 0. The Kier molecular flexibility index (Phi) is 8.37. The van der Waals surface area contributed by atoms with Crippen LogP contribution in [0.1, 0.15) is 16.3 Å². The van der Waals surface area contributed by atoms with Crippen molar-refractivity contribution in [1.82, 2.24) is 19.5 Å². The normalized spacial score (nSPS) is 10.7. The number of carbonyl (C=O) groups is 1. The summed E-state index contributed by atoms with van der Waals surface area (Å²) in [4.78, 5) is 40.7. The van der Waals surface area contributed by atoms with Crippen LogP contribution in [-0.2, 0) is 11.3 Å². The number of aromatic nitrogens is 4. The molecule has 43 heavy (non-hydrogen) atoms. The van der Waals surface area contributed by atoms with Crippen LogP contribution in [0, 0.1) is 0 Å². The van der Waals surface area contributed by atoms with E-state index in [1.807, 2.05) is 0 Å². The van der Waals surface area contributed by atoms with Crippen molar-refractivity contribution in [2.75, 3.05) is 35.5 Å². The van der Waals surface area contributed by atoms with Gasteiger partial charge in [-0.25, -0.2) is 19.7 Å². The van der Waals surface area contributed by atoms with Crippen molar-refractivity contribution in [2.45, 2.75) is 6.61 Å². The Labute approximate surface area is 246 Å². The monoisotopic (exact) mass is 584 g/mol. The average Bonchev–Trinajstić information content (AvgIpc) is 3.06. The number of benzene rings is 2. The summed E-state index contributed by atoms with van der Waals surface area (Å²) in [5.74, 6) is 1.37. The lowest BCUT2D eigenvalue weighted by Crippen LogP contribution is -2.27. The van der Waals surface area contributed by atoms with Gasteiger partial charge in [-0.15, -0.1) is 0 Å². The van der Waals surface area contributed by atoms with Gasteiger partial charge in [0.2, 0.25) is 11.6 Å². The number of esters is 1. The van der Waals surface area contributed by atoms with Crippen LogP contribution in [0.2, 0.25) is 0 Å². The fraction of sp³-hybridized carbons (Fsp3) is 0.194. The predicted molar refractivity (Wildman–Crippen MR) is 157 cm³/mol. The Bertz CT molecular complexity index is 1830. The first-order chi connectivity index (χ1) is 20.9. The number of pyridine rings is 2. The summed E-state index contributed by atoms with van der Waals surface area (Å²) in [6.45, 7) is 0.0312. The molecule has 0 saturated heterocycles. The Morgan fingerprint density at radius 1 is 0.837 bits per heavy atom. The largest absolute Gasteiger partial charge is 0.497 e. The molecule has 0 aliphatic carbocycles. The summed E-state index contributed by atoms with van der Waals surface area (Å²) in [6, 6.07) is 15.1. The Hall–Kier alpha value is -5.65. The van der Waals surface area contributed by atoms with Gasteiger partial charge in [0.15, 0.2) is 17.3 Å². The molecule has 0 atom stereocenters. The third kappa shape index (κ3) is 5.49. The van der Waals surface area contributed by atoms with Gasteiger partial charge in [-0.05, 0) is 42.0 Å². The number of methoxy groups -OCH3 is 5. The number of rotatable bonds is 10. The maximum atomic E-state index is 14.2. The van der Waals surface area contributed by atoms with E-state index in [2.05, 4.69) is 15.0 Å². The highest BCUT2D eigenvalue weighted by atomic mass is 16.5. The maximum absolute atomic E-state index is 14.2. The second-order valence-electron chi connectivity index (χ2n) is 8.97. The molecule has 3 heterocycles. The Morgan fingerprint density at radius 3 is 2.19 bits per heavy atom. The van der Waals surface area contributed by atoms with Crippen LogP contribution in [0.4, 0.5) is 0 Å². The van der Waals surface area contributed by atoms with Crippen molar-refractivity contribution >= 4 is 16.9 Å². The fourth-order valence-corrected chi connectivity index (χ4v) is 4.68. The number of carbonyl (C=O) groups excluding carboxylic acids is 1. The number of fused-ring (bicyclic) bond motifs is 1. The molecule has 3 aromatic heterocycles. The minimum atomic E-state index is -0.757. The minimum Gasteiger partial charge on any atom is -0.497 e. The van der Waals surface area contributed by atoms with Gasteiger partial charge in [0.1, 0.15) is 23.6 Å². The van der Waals surface area contributed by atoms with Gasteiger partial charge in [0.25, 0.3) is 5.56 Å². The molecule has 5 aromatic rings. The van der Waals surface area contributed by atoms with Gasteiger partial charge in [-0.1, -0.05) is 6.07 Å². The smallest absolute Gasteiger partial charge is 0.355 e. The molecule has 12 nitrogen and oxygen atoms in total. The molecule has 0 radical (unpaired) electrons. The SMILES string of the molecule is COC(=O)c1c(-c2cc(OC)c(OC)c(OC)c2)c2ccc(OCc3ncccn3)nc2c(=O)n1-c1cccc(OC)c1. The highest BCUT2D eigenvalue weighted by Gasteiger charge is 2.28. The highest BCUT2D eigenvalue weighted by molar-refractivity contribution is 6.06. The summed E-state index contributed by atoms with van der Waals surface area (Å²) in [7, 11) is 7.21. The lowest BCUT2D eigenvalue weighted by atomic mass is 9.97. The van der Waals surface area contributed by atoms with Crippen LogP contribution >= 0.6 is 0 Å². The third-order valence-corrected chi connectivity index (χ3v) is 6.62. The first kappa shape index (κ1) is 28.9. The summed E-state index contributed by atoms with van der Waals surface area (Å²) in [5, 5.41) is 0.363. The molecule has 0 N–H and O–H groups in total. The summed E-state index contributed by atoms with van der Waals surface area (Å²) in [6.07, 6.45) is 3.20. The van der Waals surface area contributed by atoms with E-state index in [1.54, 1.807) is 67.0 Å². The van der Waals surface area contributed by atoms with Crippen LogP contribution in [0.3, 0.4) is 0 Å². The first-order valence-electron chi connectivity index (χ1n) is 13.0. The predicted octanol–water partition coefficient (Wildman–Crippen LogP) is 4.24. The molecule has 0 saturated carbocycles. The van der Waals surface area contributed by atoms with Crippen LogP contribution in [0.25, 0.3) is 27.7 Å². The van der Waals surface area contributed by atoms with Crippen molar-refractivity contribution in [3.63, 3.8) is 0 Å².